The van der Waals surface area contributed by atoms with E-state index >= 15 is 0 Å². The highest BCUT2D eigenvalue weighted by Crippen LogP contribution is 2.24. The summed E-state index contributed by atoms with van der Waals surface area (Å²) < 4.78 is 27.4. The summed E-state index contributed by atoms with van der Waals surface area (Å²) in [5, 5.41) is 11.5. The summed E-state index contributed by atoms with van der Waals surface area (Å²) in [6, 6.07) is 6.56. The summed E-state index contributed by atoms with van der Waals surface area (Å²) in [7, 11) is -3.50. The number of hydrogen-bond acceptors (Lipinski definition) is 4. The molecule has 23 heavy (non-hydrogen) atoms. The maximum Gasteiger partial charge on any atom is 0.243 e. The van der Waals surface area contributed by atoms with Crippen LogP contribution in [-0.4, -0.2) is 50.0 Å². The van der Waals surface area contributed by atoms with Crippen molar-refractivity contribution >= 4 is 31.9 Å². The van der Waals surface area contributed by atoms with Gasteiger partial charge in [-0.15, -0.1) is 0 Å². The first kappa shape index (κ1) is 18.4. The number of aliphatic hydroxyl groups is 1. The molecule has 1 aliphatic rings. The van der Waals surface area contributed by atoms with Crippen LogP contribution in [0.4, 0.5) is 0 Å². The fourth-order valence-corrected chi connectivity index (χ4v) is 4.28. The van der Waals surface area contributed by atoms with Crippen LogP contribution in [0.5, 0.6) is 0 Å². The highest BCUT2D eigenvalue weighted by molar-refractivity contribution is 9.10. The third kappa shape index (κ3) is 4.76. The lowest BCUT2D eigenvalue weighted by Crippen LogP contribution is -2.43. The molecule has 1 fully saturated rings. The number of halogens is 1. The molecule has 1 amide bonds. The van der Waals surface area contributed by atoms with E-state index in [1.807, 2.05) is 0 Å². The van der Waals surface area contributed by atoms with E-state index < -0.39 is 10.0 Å². The first-order valence-electron chi connectivity index (χ1n) is 7.59. The Hall–Kier alpha value is -0.960. The molecule has 0 unspecified atom stereocenters. The van der Waals surface area contributed by atoms with Crippen LogP contribution in [0.25, 0.3) is 0 Å². The number of piperidine rings is 1. The quantitative estimate of drug-likeness (QED) is 0.700. The molecule has 2 N–H and O–H groups in total. The number of sulfonamides is 1. The van der Waals surface area contributed by atoms with Crippen LogP contribution < -0.4 is 5.32 Å². The van der Waals surface area contributed by atoms with Crippen LogP contribution in [0.3, 0.4) is 0 Å². The zero-order valence-corrected chi connectivity index (χ0v) is 15.1. The number of aliphatic hydroxyl groups excluding tert-OH is 1. The van der Waals surface area contributed by atoms with Crippen molar-refractivity contribution in [3.63, 3.8) is 0 Å². The van der Waals surface area contributed by atoms with Crippen molar-refractivity contribution in [3.05, 3.63) is 28.7 Å². The molecular formula is C15H21BrN2O4S. The van der Waals surface area contributed by atoms with Gasteiger partial charge in [-0.2, -0.15) is 4.31 Å². The molecule has 0 atom stereocenters. The van der Waals surface area contributed by atoms with Crippen LogP contribution in [0, 0.1) is 5.92 Å². The summed E-state index contributed by atoms with van der Waals surface area (Å²) in [6.07, 6.45) is 1.56. The first-order chi connectivity index (χ1) is 10.9. The zero-order valence-electron chi connectivity index (χ0n) is 12.7. The Morgan fingerprint density at radius 2 is 1.87 bits per heavy atom. The fraction of sp³-hybridized carbons (Fsp3) is 0.533. The van der Waals surface area contributed by atoms with E-state index in [4.69, 9.17) is 5.11 Å². The van der Waals surface area contributed by atoms with Crippen molar-refractivity contribution in [2.45, 2.75) is 24.2 Å². The summed E-state index contributed by atoms with van der Waals surface area (Å²) >= 11 is 3.29. The van der Waals surface area contributed by atoms with E-state index in [1.165, 1.54) is 4.31 Å². The lowest BCUT2D eigenvalue weighted by atomic mass is 9.97. The minimum absolute atomic E-state index is 0.0458. The Labute approximate surface area is 145 Å². The number of carbonyl (C=O) groups is 1. The highest BCUT2D eigenvalue weighted by Gasteiger charge is 2.31. The van der Waals surface area contributed by atoms with Gasteiger partial charge in [-0.05, 0) is 43.5 Å². The first-order valence-corrected chi connectivity index (χ1v) is 9.82. The number of benzene rings is 1. The van der Waals surface area contributed by atoms with Gasteiger partial charge >= 0.3 is 0 Å². The van der Waals surface area contributed by atoms with Crippen LogP contribution >= 0.6 is 15.9 Å². The molecule has 0 bridgehead atoms. The fourth-order valence-electron chi connectivity index (χ4n) is 2.55. The molecule has 1 heterocycles. The van der Waals surface area contributed by atoms with Crippen LogP contribution in [0.1, 0.15) is 19.3 Å². The third-order valence-electron chi connectivity index (χ3n) is 3.91. The minimum atomic E-state index is -3.50. The highest BCUT2D eigenvalue weighted by atomic mass is 79.9. The smallest absolute Gasteiger partial charge is 0.243 e. The van der Waals surface area contributed by atoms with Crippen molar-refractivity contribution < 1.29 is 18.3 Å². The van der Waals surface area contributed by atoms with E-state index in [0.29, 0.717) is 38.9 Å². The summed E-state index contributed by atoms with van der Waals surface area (Å²) in [4.78, 5) is 12.2. The summed E-state index contributed by atoms with van der Waals surface area (Å²) in [6.45, 7) is 1.18. The molecule has 0 spiro atoms. The molecule has 0 aromatic heterocycles. The maximum atomic E-state index is 12.6. The third-order valence-corrected chi connectivity index (χ3v) is 6.35. The van der Waals surface area contributed by atoms with Gasteiger partial charge in [0.15, 0.2) is 0 Å². The van der Waals surface area contributed by atoms with Gasteiger partial charge in [0.1, 0.15) is 0 Å². The predicted molar refractivity (Wildman–Crippen MR) is 90.3 cm³/mol. The molecule has 0 saturated carbocycles. The number of carbonyl (C=O) groups excluding carboxylic acids is 1. The van der Waals surface area contributed by atoms with Crippen LogP contribution in [-0.2, 0) is 14.8 Å². The molecule has 2 rings (SSSR count). The Kier molecular flexibility index (Phi) is 6.58. The van der Waals surface area contributed by atoms with Crippen molar-refractivity contribution in [3.8, 4) is 0 Å². The molecule has 1 saturated heterocycles. The standard InChI is InChI=1S/C15H21BrN2O4S/c16-13-2-4-14(5-3-13)23(21,22)18-9-6-12(7-10-18)15(20)17-8-1-11-19/h2-5,12,19H,1,6-11H2,(H,17,20). The lowest BCUT2D eigenvalue weighted by Gasteiger charge is -2.30. The van der Waals surface area contributed by atoms with Gasteiger partial charge < -0.3 is 10.4 Å². The normalized spacial score (nSPS) is 17.1. The van der Waals surface area contributed by atoms with Crippen molar-refractivity contribution in [2.75, 3.05) is 26.2 Å². The molecule has 1 aromatic carbocycles. The van der Waals surface area contributed by atoms with Gasteiger partial charge in [0.2, 0.25) is 15.9 Å². The second-order valence-corrected chi connectivity index (χ2v) is 8.35. The number of amides is 1. The van der Waals surface area contributed by atoms with Gasteiger partial charge in [-0.25, -0.2) is 8.42 Å². The predicted octanol–water partition coefficient (Wildman–Crippen LogP) is 1.35. The zero-order chi connectivity index (χ0) is 16.9. The Balaban J connectivity index is 1.93. The molecule has 6 nitrogen and oxygen atoms in total. The lowest BCUT2D eigenvalue weighted by molar-refractivity contribution is -0.126. The molecule has 1 aliphatic heterocycles. The molecular weight excluding hydrogens is 384 g/mol. The van der Waals surface area contributed by atoms with Gasteiger partial charge in [0.25, 0.3) is 0 Å². The maximum absolute atomic E-state index is 12.6. The van der Waals surface area contributed by atoms with Crippen LogP contribution in [0.2, 0.25) is 0 Å². The molecule has 0 aliphatic carbocycles. The SMILES string of the molecule is O=C(NCCCO)C1CCN(S(=O)(=O)c2ccc(Br)cc2)CC1. The summed E-state index contributed by atoms with van der Waals surface area (Å²) in [5.41, 5.74) is 0. The molecule has 1 aromatic rings. The Morgan fingerprint density at radius 1 is 1.26 bits per heavy atom. The average molecular weight is 405 g/mol. The number of hydrogen-bond donors (Lipinski definition) is 2. The van der Waals surface area contributed by atoms with Gasteiger partial charge in [-0.3, -0.25) is 4.79 Å². The topological polar surface area (TPSA) is 86.7 Å². The second kappa shape index (κ2) is 8.23. The van der Waals surface area contributed by atoms with E-state index in [1.54, 1.807) is 24.3 Å². The number of rotatable bonds is 6. The number of nitrogens with one attached hydrogen (secondary N) is 1. The summed E-state index contributed by atoms with van der Waals surface area (Å²) in [5.74, 6) is -0.218. The van der Waals surface area contributed by atoms with Gasteiger partial charge in [0.05, 0.1) is 4.90 Å². The van der Waals surface area contributed by atoms with E-state index in [-0.39, 0.29) is 23.3 Å². The minimum Gasteiger partial charge on any atom is -0.396 e. The van der Waals surface area contributed by atoms with E-state index in [9.17, 15) is 13.2 Å². The van der Waals surface area contributed by atoms with Crippen molar-refractivity contribution in [1.82, 2.24) is 9.62 Å². The monoisotopic (exact) mass is 404 g/mol. The van der Waals surface area contributed by atoms with Crippen molar-refractivity contribution in [2.24, 2.45) is 5.92 Å². The Morgan fingerprint density at radius 3 is 2.43 bits per heavy atom. The number of nitrogens with zero attached hydrogens (tertiary/aromatic N) is 1. The van der Waals surface area contributed by atoms with E-state index in [0.717, 1.165) is 4.47 Å². The van der Waals surface area contributed by atoms with Gasteiger partial charge in [-0.1, -0.05) is 15.9 Å². The molecule has 128 valence electrons. The van der Waals surface area contributed by atoms with E-state index in [2.05, 4.69) is 21.2 Å². The van der Waals surface area contributed by atoms with Crippen LogP contribution in [0.15, 0.2) is 33.6 Å². The average Bonchev–Trinajstić information content (AvgIpc) is 2.55. The largest absolute Gasteiger partial charge is 0.396 e. The van der Waals surface area contributed by atoms with Gasteiger partial charge in [0, 0.05) is 36.6 Å². The second-order valence-electron chi connectivity index (χ2n) is 5.50. The molecule has 8 heteroatoms. The molecule has 0 radical (unpaired) electrons. The van der Waals surface area contributed by atoms with Crippen molar-refractivity contribution in [1.29, 1.82) is 0 Å². The Bertz CT molecular complexity index is 625.